The van der Waals surface area contributed by atoms with Gasteiger partial charge in [0.05, 0.1) is 27.5 Å². The average molecular weight is 554 g/mol. The molecule has 5 aromatic rings. The van der Waals surface area contributed by atoms with Crippen LogP contribution in [-0.4, -0.2) is 31.6 Å². The number of nitrogens with zero attached hydrogens (tertiary/aromatic N) is 3. The van der Waals surface area contributed by atoms with Gasteiger partial charge in [-0.3, -0.25) is 9.78 Å². The van der Waals surface area contributed by atoms with E-state index in [-0.39, 0.29) is 6.42 Å². The van der Waals surface area contributed by atoms with Gasteiger partial charge in [0.2, 0.25) is 5.91 Å². The third-order valence-electron chi connectivity index (χ3n) is 6.93. The Hall–Kier alpha value is -3.76. The maximum absolute atomic E-state index is 11.2. The van der Waals surface area contributed by atoms with Crippen molar-refractivity contribution in [1.29, 1.82) is 0 Å². The van der Waals surface area contributed by atoms with Gasteiger partial charge in [0, 0.05) is 34.8 Å². The van der Waals surface area contributed by atoms with Gasteiger partial charge in [-0.15, -0.1) is 22.7 Å². The first-order valence-corrected chi connectivity index (χ1v) is 14.2. The van der Waals surface area contributed by atoms with Crippen LogP contribution in [0.15, 0.2) is 79.1 Å². The van der Waals surface area contributed by atoms with Gasteiger partial charge in [-0.05, 0) is 43.0 Å². The number of benzene rings is 2. The van der Waals surface area contributed by atoms with Crippen molar-refractivity contribution >= 4 is 28.6 Å². The number of aromatic nitrogens is 3. The molecule has 0 aliphatic heterocycles. The van der Waals surface area contributed by atoms with Crippen molar-refractivity contribution in [2.45, 2.75) is 37.3 Å². The van der Waals surface area contributed by atoms with Gasteiger partial charge in [-0.1, -0.05) is 54.6 Å². The molecule has 7 nitrogen and oxygen atoms in total. The van der Waals surface area contributed by atoms with E-state index in [4.69, 9.17) is 16.5 Å². The molecule has 2 aromatic carbocycles. The molecule has 0 atom stereocenters. The van der Waals surface area contributed by atoms with Crippen molar-refractivity contribution in [2.24, 2.45) is 11.5 Å². The Morgan fingerprint density at radius 1 is 0.897 bits per heavy atom. The summed E-state index contributed by atoms with van der Waals surface area (Å²) in [6, 6.07) is 22.2. The summed E-state index contributed by atoms with van der Waals surface area (Å²) in [4.78, 5) is 27.3. The van der Waals surface area contributed by atoms with Crippen molar-refractivity contribution in [3.63, 3.8) is 0 Å². The van der Waals surface area contributed by atoms with Crippen LogP contribution in [0.3, 0.4) is 0 Å². The van der Waals surface area contributed by atoms with Crippen molar-refractivity contribution in [2.75, 3.05) is 0 Å². The van der Waals surface area contributed by atoms with Crippen molar-refractivity contribution in [3.8, 4) is 42.2 Å². The standard InChI is InChI=1S/C30H27N5O2S2/c1-29(37)16-30(32,17-29)21-10-7-18(8-11-21)25-26(19-5-3-2-4-6-19)39-28(35-25)23-15-34-27(38-23)20-9-12-22(33-14-20)13-24(31)36/h2-12,14-15,37H,13,16-17,32H2,1H3,(H2,31,36). The SMILES string of the molecule is CC1(O)CC(N)(c2ccc(-c3nc(-c4cnc(-c5ccc(CC(N)=O)nc5)s4)sc3-c3ccccc3)cc2)C1. The van der Waals surface area contributed by atoms with E-state index in [2.05, 4.69) is 46.4 Å². The Balaban J connectivity index is 1.33. The van der Waals surface area contributed by atoms with E-state index in [1.54, 1.807) is 34.9 Å². The number of amides is 1. The number of hydrogen-bond donors (Lipinski definition) is 3. The molecule has 196 valence electrons. The van der Waals surface area contributed by atoms with E-state index in [1.165, 1.54) is 0 Å². The van der Waals surface area contributed by atoms with Gasteiger partial charge in [0.1, 0.15) is 10.0 Å². The molecule has 3 heterocycles. The predicted molar refractivity (Wildman–Crippen MR) is 156 cm³/mol. The van der Waals surface area contributed by atoms with Crippen molar-refractivity contribution < 1.29 is 9.90 Å². The summed E-state index contributed by atoms with van der Waals surface area (Å²) in [5.41, 5.74) is 16.2. The first kappa shape index (κ1) is 25.5. The molecule has 1 saturated carbocycles. The summed E-state index contributed by atoms with van der Waals surface area (Å²) in [7, 11) is 0. The molecule has 6 rings (SSSR count). The molecule has 3 aromatic heterocycles. The van der Waals surface area contributed by atoms with E-state index >= 15 is 0 Å². The first-order chi connectivity index (χ1) is 18.7. The van der Waals surface area contributed by atoms with Crippen LogP contribution in [0.5, 0.6) is 0 Å². The zero-order valence-electron chi connectivity index (χ0n) is 21.3. The number of hydrogen-bond acceptors (Lipinski definition) is 8. The molecule has 0 spiro atoms. The molecule has 1 amide bonds. The molecule has 39 heavy (non-hydrogen) atoms. The Labute approximate surface area is 234 Å². The number of primary amides is 1. The number of carbonyl (C=O) groups is 1. The summed E-state index contributed by atoms with van der Waals surface area (Å²) < 4.78 is 0. The summed E-state index contributed by atoms with van der Waals surface area (Å²) in [5.74, 6) is -0.408. The zero-order chi connectivity index (χ0) is 27.2. The second-order valence-electron chi connectivity index (χ2n) is 10.4. The lowest BCUT2D eigenvalue weighted by Gasteiger charge is -2.49. The lowest BCUT2D eigenvalue weighted by Crippen LogP contribution is -2.58. The predicted octanol–water partition coefficient (Wildman–Crippen LogP) is 5.39. The molecule has 0 unspecified atom stereocenters. The van der Waals surface area contributed by atoms with Crippen LogP contribution in [0.4, 0.5) is 0 Å². The van der Waals surface area contributed by atoms with Crippen LogP contribution in [0.1, 0.15) is 31.0 Å². The molecule has 0 radical (unpaired) electrons. The van der Waals surface area contributed by atoms with Gasteiger partial charge in [0.25, 0.3) is 0 Å². The van der Waals surface area contributed by atoms with Gasteiger partial charge < -0.3 is 16.6 Å². The number of pyridine rings is 1. The molecular weight excluding hydrogens is 526 g/mol. The molecule has 1 aliphatic rings. The van der Waals surface area contributed by atoms with Gasteiger partial charge in [-0.2, -0.15) is 0 Å². The van der Waals surface area contributed by atoms with E-state index in [0.29, 0.717) is 18.5 Å². The maximum atomic E-state index is 11.2. The van der Waals surface area contributed by atoms with Crippen LogP contribution in [0.2, 0.25) is 0 Å². The lowest BCUT2D eigenvalue weighted by molar-refractivity contribution is -0.117. The van der Waals surface area contributed by atoms with Crippen LogP contribution in [-0.2, 0) is 16.8 Å². The second-order valence-corrected chi connectivity index (χ2v) is 12.4. The Morgan fingerprint density at radius 3 is 2.26 bits per heavy atom. The van der Waals surface area contributed by atoms with Gasteiger partial charge in [0.15, 0.2) is 0 Å². The zero-order valence-corrected chi connectivity index (χ0v) is 22.9. The summed E-state index contributed by atoms with van der Waals surface area (Å²) in [5, 5.41) is 11.9. The molecule has 0 saturated heterocycles. The highest BCUT2D eigenvalue weighted by Crippen LogP contribution is 2.47. The lowest BCUT2D eigenvalue weighted by atomic mass is 9.63. The fourth-order valence-electron chi connectivity index (χ4n) is 5.22. The largest absolute Gasteiger partial charge is 0.390 e. The fourth-order valence-corrected chi connectivity index (χ4v) is 7.26. The van der Waals surface area contributed by atoms with E-state index in [9.17, 15) is 9.90 Å². The smallest absolute Gasteiger partial charge is 0.223 e. The monoisotopic (exact) mass is 553 g/mol. The van der Waals surface area contributed by atoms with Crippen LogP contribution in [0, 0.1) is 0 Å². The third kappa shape index (κ3) is 5.14. The number of aliphatic hydroxyl groups is 1. The summed E-state index contributed by atoms with van der Waals surface area (Å²) in [6.45, 7) is 1.83. The van der Waals surface area contributed by atoms with Gasteiger partial charge in [-0.25, -0.2) is 9.97 Å². The molecule has 0 bridgehead atoms. The molecular formula is C30H27N5O2S2. The van der Waals surface area contributed by atoms with Crippen LogP contribution in [0.25, 0.3) is 42.2 Å². The van der Waals surface area contributed by atoms with E-state index in [1.807, 2.05) is 37.4 Å². The number of thiazole rings is 2. The van der Waals surface area contributed by atoms with E-state index in [0.717, 1.165) is 47.7 Å². The molecule has 1 aliphatic carbocycles. The number of nitrogens with two attached hydrogens (primary N) is 2. The van der Waals surface area contributed by atoms with Crippen molar-refractivity contribution in [1.82, 2.24) is 15.0 Å². The Kier molecular flexibility index (Phi) is 6.39. The molecule has 1 fully saturated rings. The maximum Gasteiger partial charge on any atom is 0.223 e. The topological polar surface area (TPSA) is 128 Å². The average Bonchev–Trinajstić information content (AvgIpc) is 3.56. The Bertz CT molecular complexity index is 1630. The summed E-state index contributed by atoms with van der Waals surface area (Å²) in [6.07, 6.45) is 4.77. The highest BCUT2D eigenvalue weighted by Gasteiger charge is 2.49. The first-order valence-electron chi connectivity index (χ1n) is 12.6. The molecule has 5 N–H and O–H groups in total. The minimum atomic E-state index is -0.701. The highest BCUT2D eigenvalue weighted by molar-refractivity contribution is 7.25. The second kappa shape index (κ2) is 9.77. The molecule has 9 heteroatoms. The number of rotatable bonds is 7. The van der Waals surface area contributed by atoms with Crippen molar-refractivity contribution in [3.05, 3.63) is 90.4 Å². The normalized spacial score (nSPS) is 20.5. The highest BCUT2D eigenvalue weighted by atomic mass is 32.1. The quantitative estimate of drug-likeness (QED) is 0.248. The van der Waals surface area contributed by atoms with E-state index < -0.39 is 17.0 Å². The number of carbonyl (C=O) groups excluding carboxylic acids is 1. The summed E-state index contributed by atoms with van der Waals surface area (Å²) >= 11 is 3.19. The Morgan fingerprint density at radius 2 is 1.62 bits per heavy atom. The van der Waals surface area contributed by atoms with Crippen LogP contribution >= 0.6 is 22.7 Å². The van der Waals surface area contributed by atoms with Crippen LogP contribution < -0.4 is 11.5 Å². The minimum Gasteiger partial charge on any atom is -0.390 e. The third-order valence-corrected chi connectivity index (χ3v) is 9.25. The van der Waals surface area contributed by atoms with Gasteiger partial charge >= 0.3 is 0 Å². The minimum absolute atomic E-state index is 0.113. The fraction of sp³-hybridized carbons (Fsp3) is 0.200.